The van der Waals surface area contributed by atoms with Gasteiger partial charge in [0.25, 0.3) is 0 Å². The number of carbonyl (C=O) groups is 1. The van der Waals surface area contributed by atoms with Crippen molar-refractivity contribution in [2.45, 2.75) is 26.9 Å². The SMILES string of the molecule is CCn1c(C(N)=C2NC(NC(=O)CNCc3ccccc3)=NCC2C)nc2ccccc21. The van der Waals surface area contributed by atoms with Crippen LogP contribution >= 0.6 is 0 Å². The molecule has 1 aliphatic heterocycles. The lowest BCUT2D eigenvalue weighted by atomic mass is 10.0. The summed E-state index contributed by atoms with van der Waals surface area (Å²) in [4.78, 5) is 21.6. The van der Waals surface area contributed by atoms with Gasteiger partial charge in [-0.2, -0.15) is 0 Å². The molecule has 2 aromatic carbocycles. The molecular weight excluding hydrogens is 402 g/mol. The van der Waals surface area contributed by atoms with Crippen molar-refractivity contribution < 1.29 is 4.79 Å². The molecule has 8 heteroatoms. The standard InChI is InChI=1S/C24H29N7O/c1-3-31-19-12-8-7-11-18(19)28-23(31)21(25)22-16(2)13-27-24(30-22)29-20(32)15-26-14-17-9-5-4-6-10-17/h4-12,16,26H,3,13-15,25H2,1-2H3,(H2,27,29,30,32). The van der Waals surface area contributed by atoms with Gasteiger partial charge in [-0.3, -0.25) is 15.1 Å². The van der Waals surface area contributed by atoms with E-state index < -0.39 is 0 Å². The molecule has 1 atom stereocenters. The Morgan fingerprint density at radius 3 is 2.72 bits per heavy atom. The zero-order valence-electron chi connectivity index (χ0n) is 18.4. The predicted octanol–water partition coefficient (Wildman–Crippen LogP) is 2.18. The minimum absolute atomic E-state index is 0.0805. The molecule has 1 amide bonds. The third-order valence-corrected chi connectivity index (χ3v) is 5.49. The number of hydrogen-bond donors (Lipinski definition) is 4. The molecule has 1 aliphatic rings. The third kappa shape index (κ3) is 4.65. The molecular formula is C24H29N7O. The van der Waals surface area contributed by atoms with Crippen molar-refractivity contribution in [3.8, 4) is 0 Å². The molecule has 1 aromatic heterocycles. The Balaban J connectivity index is 1.45. The first-order valence-electron chi connectivity index (χ1n) is 10.9. The summed E-state index contributed by atoms with van der Waals surface area (Å²) in [6, 6.07) is 17.9. The van der Waals surface area contributed by atoms with Crippen LogP contribution in [0.25, 0.3) is 16.7 Å². The number of hydrogen-bond acceptors (Lipinski definition) is 6. The molecule has 2 heterocycles. The number of nitrogens with zero attached hydrogens (tertiary/aromatic N) is 3. The van der Waals surface area contributed by atoms with Gasteiger partial charge in [0.05, 0.1) is 29.8 Å². The van der Waals surface area contributed by atoms with Gasteiger partial charge in [-0.05, 0) is 24.6 Å². The van der Waals surface area contributed by atoms with E-state index in [2.05, 4.69) is 39.4 Å². The Hall–Kier alpha value is -3.65. The number of fused-ring (bicyclic) bond motifs is 1. The summed E-state index contributed by atoms with van der Waals surface area (Å²) in [5.74, 6) is 1.05. The van der Waals surface area contributed by atoms with E-state index in [1.165, 1.54) is 0 Å². The van der Waals surface area contributed by atoms with Crippen molar-refractivity contribution in [1.82, 2.24) is 25.5 Å². The molecule has 166 valence electrons. The lowest BCUT2D eigenvalue weighted by Gasteiger charge is -2.25. The summed E-state index contributed by atoms with van der Waals surface area (Å²) >= 11 is 0. The molecule has 0 fully saturated rings. The summed E-state index contributed by atoms with van der Waals surface area (Å²) in [6.07, 6.45) is 0. The number of aliphatic imine (C=N–C) groups is 1. The Kier molecular flexibility index (Phi) is 6.51. The maximum absolute atomic E-state index is 12.4. The minimum Gasteiger partial charge on any atom is -0.394 e. The van der Waals surface area contributed by atoms with Crippen molar-refractivity contribution in [3.63, 3.8) is 0 Å². The van der Waals surface area contributed by atoms with E-state index in [4.69, 9.17) is 10.7 Å². The molecule has 32 heavy (non-hydrogen) atoms. The van der Waals surface area contributed by atoms with E-state index >= 15 is 0 Å². The lowest BCUT2D eigenvalue weighted by molar-refractivity contribution is -0.118. The highest BCUT2D eigenvalue weighted by Gasteiger charge is 2.23. The van der Waals surface area contributed by atoms with Crippen LogP contribution < -0.4 is 21.7 Å². The fraction of sp³-hybridized carbons (Fsp3) is 0.292. The lowest BCUT2D eigenvalue weighted by Crippen LogP contribution is -2.47. The number of nitrogens with two attached hydrogens (primary N) is 1. The van der Waals surface area contributed by atoms with E-state index in [0.717, 1.165) is 34.7 Å². The molecule has 0 saturated heterocycles. The number of aromatic nitrogens is 2. The highest BCUT2D eigenvalue weighted by molar-refractivity contribution is 5.99. The van der Waals surface area contributed by atoms with E-state index in [1.54, 1.807) is 0 Å². The van der Waals surface area contributed by atoms with Gasteiger partial charge in [0, 0.05) is 24.7 Å². The number of carbonyl (C=O) groups excluding carboxylic acids is 1. The van der Waals surface area contributed by atoms with Gasteiger partial charge in [0.1, 0.15) is 0 Å². The van der Waals surface area contributed by atoms with Gasteiger partial charge in [-0.25, -0.2) is 4.98 Å². The van der Waals surface area contributed by atoms with Gasteiger partial charge in [0.2, 0.25) is 11.9 Å². The molecule has 4 rings (SSSR count). The maximum atomic E-state index is 12.4. The molecule has 0 spiro atoms. The third-order valence-electron chi connectivity index (χ3n) is 5.49. The molecule has 0 aliphatic carbocycles. The zero-order chi connectivity index (χ0) is 22.5. The first-order chi connectivity index (χ1) is 15.6. The first-order valence-corrected chi connectivity index (χ1v) is 10.9. The van der Waals surface area contributed by atoms with Crippen molar-refractivity contribution in [3.05, 3.63) is 71.7 Å². The smallest absolute Gasteiger partial charge is 0.240 e. The Bertz CT molecular complexity index is 1160. The van der Waals surface area contributed by atoms with Crippen molar-refractivity contribution in [2.24, 2.45) is 16.6 Å². The second-order valence-corrected chi connectivity index (χ2v) is 7.85. The van der Waals surface area contributed by atoms with Crippen LogP contribution in [0.5, 0.6) is 0 Å². The first kappa shape index (κ1) is 21.6. The highest BCUT2D eigenvalue weighted by Crippen LogP contribution is 2.24. The number of para-hydroxylation sites is 2. The highest BCUT2D eigenvalue weighted by atomic mass is 16.2. The van der Waals surface area contributed by atoms with Crippen LogP contribution in [0.3, 0.4) is 0 Å². The molecule has 1 unspecified atom stereocenters. The topological polar surface area (TPSA) is 109 Å². The molecule has 8 nitrogen and oxygen atoms in total. The van der Waals surface area contributed by atoms with Crippen molar-refractivity contribution >= 4 is 28.6 Å². The van der Waals surface area contributed by atoms with E-state index in [1.807, 2.05) is 54.6 Å². The van der Waals surface area contributed by atoms with Crippen LogP contribution in [0, 0.1) is 5.92 Å². The number of rotatable bonds is 6. The monoisotopic (exact) mass is 431 g/mol. The Labute approximate surface area is 187 Å². The van der Waals surface area contributed by atoms with Crippen molar-refractivity contribution in [2.75, 3.05) is 13.1 Å². The van der Waals surface area contributed by atoms with Crippen LogP contribution in [0.1, 0.15) is 25.2 Å². The molecule has 5 N–H and O–H groups in total. The summed E-state index contributed by atoms with van der Waals surface area (Å²) in [6.45, 7) is 6.22. The average Bonchev–Trinajstić information content (AvgIpc) is 3.19. The number of nitrogens with one attached hydrogen (secondary N) is 3. The second kappa shape index (κ2) is 9.65. The van der Waals surface area contributed by atoms with Crippen LogP contribution in [0.4, 0.5) is 0 Å². The van der Waals surface area contributed by atoms with Crippen LogP contribution in [-0.2, 0) is 17.9 Å². The number of guanidine groups is 1. The molecule has 0 bridgehead atoms. The maximum Gasteiger partial charge on any atom is 0.240 e. The average molecular weight is 432 g/mol. The molecule has 0 saturated carbocycles. The summed E-state index contributed by atoms with van der Waals surface area (Å²) in [5, 5.41) is 9.21. The van der Waals surface area contributed by atoms with Gasteiger partial charge in [-0.1, -0.05) is 49.4 Å². The van der Waals surface area contributed by atoms with Gasteiger partial charge >= 0.3 is 0 Å². The fourth-order valence-electron chi connectivity index (χ4n) is 3.83. The number of benzene rings is 2. The number of amides is 1. The zero-order valence-corrected chi connectivity index (χ0v) is 18.4. The van der Waals surface area contributed by atoms with Crippen LogP contribution in [0.15, 0.2) is 65.3 Å². The van der Waals surface area contributed by atoms with Crippen LogP contribution in [0.2, 0.25) is 0 Å². The fourth-order valence-corrected chi connectivity index (χ4v) is 3.83. The molecule has 3 aromatic rings. The number of aryl methyl sites for hydroxylation is 1. The number of imidazole rings is 1. The Morgan fingerprint density at radius 2 is 1.94 bits per heavy atom. The minimum atomic E-state index is -0.166. The van der Waals surface area contributed by atoms with E-state index in [9.17, 15) is 4.79 Å². The molecule has 0 radical (unpaired) electrons. The van der Waals surface area contributed by atoms with E-state index in [-0.39, 0.29) is 18.4 Å². The largest absolute Gasteiger partial charge is 0.394 e. The van der Waals surface area contributed by atoms with Crippen LogP contribution in [-0.4, -0.2) is 34.5 Å². The second-order valence-electron chi connectivity index (χ2n) is 7.85. The van der Waals surface area contributed by atoms with Gasteiger partial charge in [0.15, 0.2) is 5.82 Å². The predicted molar refractivity (Wildman–Crippen MR) is 127 cm³/mol. The summed E-state index contributed by atoms with van der Waals surface area (Å²) in [7, 11) is 0. The summed E-state index contributed by atoms with van der Waals surface area (Å²) in [5.41, 5.74) is 11.1. The normalized spacial score (nSPS) is 17.6. The quantitative estimate of drug-likeness (QED) is 0.478. The summed E-state index contributed by atoms with van der Waals surface area (Å²) < 4.78 is 2.10. The van der Waals surface area contributed by atoms with E-state index in [0.29, 0.717) is 24.7 Å². The Morgan fingerprint density at radius 1 is 1.19 bits per heavy atom. The van der Waals surface area contributed by atoms with Crippen molar-refractivity contribution in [1.29, 1.82) is 0 Å². The van der Waals surface area contributed by atoms with Gasteiger partial charge in [-0.15, -0.1) is 0 Å². The van der Waals surface area contributed by atoms with Gasteiger partial charge < -0.3 is 20.9 Å².